The van der Waals surface area contributed by atoms with Gasteiger partial charge in [-0.05, 0) is 36.4 Å². The second-order valence-electron chi connectivity index (χ2n) is 7.91. The lowest BCUT2D eigenvalue weighted by atomic mass is 9.86. The van der Waals surface area contributed by atoms with Crippen LogP contribution in [-0.4, -0.2) is 55.1 Å². The molecule has 3 aliphatic rings. The van der Waals surface area contributed by atoms with Crippen molar-refractivity contribution in [2.24, 2.45) is 16.9 Å². The highest BCUT2D eigenvalue weighted by molar-refractivity contribution is 6.36. The summed E-state index contributed by atoms with van der Waals surface area (Å²) in [6.45, 7) is 0. The number of imide groups is 1. The summed E-state index contributed by atoms with van der Waals surface area (Å²) >= 11 is 6.30. The largest absolute Gasteiger partial charge is 0.493 e. The Kier molecular flexibility index (Phi) is 5.17. The van der Waals surface area contributed by atoms with Crippen molar-refractivity contribution in [3.8, 4) is 11.5 Å². The fourth-order valence-corrected chi connectivity index (χ4v) is 5.09. The number of Topliss-reactive ketones (excluding diaryl/α,β-unsaturated/α-hetero) is 1. The van der Waals surface area contributed by atoms with Gasteiger partial charge in [0.1, 0.15) is 6.04 Å². The van der Waals surface area contributed by atoms with Crippen molar-refractivity contribution in [1.82, 2.24) is 5.01 Å². The van der Waals surface area contributed by atoms with Crippen LogP contribution in [0.5, 0.6) is 11.5 Å². The second kappa shape index (κ2) is 8.04. The number of hydrogen-bond acceptors (Lipinski definition) is 7. The molecule has 9 heteroatoms. The SMILES string of the molecule is COc1ccc(C(=O)[C@@H]2[C@@H]3C(=O)N(c4ccccc4Cl)C(=O)[C@H]3[C@H]3C=CC=NN32)cc1OC. The van der Waals surface area contributed by atoms with Crippen molar-refractivity contribution >= 4 is 41.1 Å². The zero-order chi connectivity index (χ0) is 23.3. The standard InChI is InChI=1S/C24H20ClN3O5/c1-32-17-10-9-13(12-18(17)33-2)22(29)21-20-19(16-8-5-11-26-28(16)21)23(30)27(24(20)31)15-7-4-3-6-14(15)25/h3-12,16,19-21H,1-2H3/t16-,19+,20-,21+/m1/s1. The van der Waals surface area contributed by atoms with E-state index in [-0.39, 0.29) is 10.8 Å². The van der Waals surface area contributed by atoms with E-state index in [1.807, 2.05) is 0 Å². The Hall–Kier alpha value is -3.65. The average Bonchev–Trinajstić information content (AvgIpc) is 3.31. The zero-order valence-corrected chi connectivity index (χ0v) is 18.6. The van der Waals surface area contributed by atoms with E-state index in [0.29, 0.717) is 22.7 Å². The molecule has 168 valence electrons. The number of rotatable bonds is 5. The molecule has 3 aliphatic heterocycles. The third-order valence-corrected chi connectivity index (χ3v) is 6.64. The number of methoxy groups -OCH3 is 2. The first-order chi connectivity index (χ1) is 16.0. The van der Waals surface area contributed by atoms with Crippen LogP contribution in [0.25, 0.3) is 0 Å². The fourth-order valence-electron chi connectivity index (χ4n) is 4.87. The van der Waals surface area contributed by atoms with Gasteiger partial charge in [0, 0.05) is 11.8 Å². The predicted molar refractivity (Wildman–Crippen MR) is 122 cm³/mol. The number of fused-ring (bicyclic) bond motifs is 3. The van der Waals surface area contributed by atoms with Crippen molar-refractivity contribution < 1.29 is 23.9 Å². The van der Waals surface area contributed by atoms with Crippen molar-refractivity contribution in [2.45, 2.75) is 12.1 Å². The Labute approximate surface area is 195 Å². The van der Waals surface area contributed by atoms with E-state index in [0.717, 1.165) is 4.90 Å². The molecular weight excluding hydrogens is 446 g/mol. The molecule has 2 aromatic carbocycles. The molecule has 2 amide bonds. The fraction of sp³-hybridized carbons (Fsp3) is 0.250. The molecule has 2 aromatic rings. The first-order valence-electron chi connectivity index (χ1n) is 10.4. The van der Waals surface area contributed by atoms with Crippen LogP contribution in [0, 0.1) is 11.8 Å². The molecule has 0 radical (unpaired) electrons. The number of halogens is 1. The average molecular weight is 466 g/mol. The minimum Gasteiger partial charge on any atom is -0.493 e. The Morgan fingerprint density at radius 1 is 1.00 bits per heavy atom. The van der Waals surface area contributed by atoms with Gasteiger partial charge in [-0.2, -0.15) is 5.10 Å². The molecule has 2 fully saturated rings. The number of anilines is 1. The van der Waals surface area contributed by atoms with E-state index in [1.165, 1.54) is 14.2 Å². The minimum absolute atomic E-state index is 0.288. The number of amides is 2. The van der Waals surface area contributed by atoms with Crippen LogP contribution in [0.15, 0.2) is 59.7 Å². The number of ketones is 1. The highest BCUT2D eigenvalue weighted by Crippen LogP contribution is 2.47. The number of carbonyl (C=O) groups excluding carboxylic acids is 3. The van der Waals surface area contributed by atoms with Gasteiger partial charge in [0.25, 0.3) is 0 Å². The molecular formula is C24H20ClN3O5. The number of nitrogens with zero attached hydrogens (tertiary/aromatic N) is 3. The summed E-state index contributed by atoms with van der Waals surface area (Å²) in [6.07, 6.45) is 5.07. The summed E-state index contributed by atoms with van der Waals surface area (Å²) < 4.78 is 10.6. The van der Waals surface area contributed by atoms with Crippen LogP contribution < -0.4 is 14.4 Å². The molecule has 0 N–H and O–H groups in total. The molecule has 0 unspecified atom stereocenters. The molecule has 0 saturated carbocycles. The van der Waals surface area contributed by atoms with Crippen molar-refractivity contribution in [2.75, 3.05) is 19.1 Å². The summed E-state index contributed by atoms with van der Waals surface area (Å²) in [7, 11) is 2.99. The highest BCUT2D eigenvalue weighted by atomic mass is 35.5. The molecule has 5 rings (SSSR count). The zero-order valence-electron chi connectivity index (χ0n) is 17.8. The molecule has 0 aliphatic carbocycles. The molecule has 0 aromatic heterocycles. The minimum atomic E-state index is -0.955. The van der Waals surface area contributed by atoms with Crippen LogP contribution in [0.4, 0.5) is 5.69 Å². The number of hydrazone groups is 1. The Bertz CT molecular complexity index is 1230. The van der Waals surface area contributed by atoms with E-state index in [1.54, 1.807) is 65.8 Å². The van der Waals surface area contributed by atoms with Gasteiger partial charge < -0.3 is 9.47 Å². The molecule has 0 bridgehead atoms. The summed E-state index contributed by atoms with van der Waals surface area (Å²) in [5, 5.41) is 6.21. The van der Waals surface area contributed by atoms with Crippen LogP contribution in [0.2, 0.25) is 5.02 Å². The number of ether oxygens (including phenoxy) is 2. The third-order valence-electron chi connectivity index (χ3n) is 6.32. The van der Waals surface area contributed by atoms with Gasteiger partial charge in [-0.1, -0.05) is 29.8 Å². The quantitative estimate of drug-likeness (QED) is 0.498. The predicted octanol–water partition coefficient (Wildman–Crippen LogP) is 2.95. The Morgan fingerprint density at radius 2 is 1.73 bits per heavy atom. The van der Waals surface area contributed by atoms with Crippen LogP contribution in [-0.2, 0) is 9.59 Å². The van der Waals surface area contributed by atoms with Gasteiger partial charge >= 0.3 is 0 Å². The highest BCUT2D eigenvalue weighted by Gasteiger charge is 2.64. The maximum atomic E-state index is 13.7. The van der Waals surface area contributed by atoms with E-state index in [4.69, 9.17) is 21.1 Å². The van der Waals surface area contributed by atoms with Crippen molar-refractivity contribution in [1.29, 1.82) is 0 Å². The molecule has 3 heterocycles. The van der Waals surface area contributed by atoms with Gasteiger partial charge in [0.2, 0.25) is 11.8 Å². The van der Waals surface area contributed by atoms with Gasteiger partial charge in [-0.25, -0.2) is 4.90 Å². The first-order valence-corrected chi connectivity index (χ1v) is 10.7. The van der Waals surface area contributed by atoms with E-state index in [2.05, 4.69) is 5.10 Å². The topological polar surface area (TPSA) is 88.5 Å². The number of para-hydroxylation sites is 1. The van der Waals surface area contributed by atoms with Crippen LogP contribution in [0.3, 0.4) is 0 Å². The van der Waals surface area contributed by atoms with Gasteiger partial charge in [-0.15, -0.1) is 0 Å². The van der Waals surface area contributed by atoms with E-state index in [9.17, 15) is 14.4 Å². The lowest BCUT2D eigenvalue weighted by Gasteiger charge is -2.30. The summed E-state index contributed by atoms with van der Waals surface area (Å²) in [4.78, 5) is 41.9. The maximum absolute atomic E-state index is 13.7. The van der Waals surface area contributed by atoms with Crippen LogP contribution >= 0.6 is 11.6 Å². The molecule has 2 saturated heterocycles. The molecule has 8 nitrogen and oxygen atoms in total. The second-order valence-corrected chi connectivity index (χ2v) is 8.32. The third kappa shape index (κ3) is 3.13. The molecule has 0 spiro atoms. The van der Waals surface area contributed by atoms with Gasteiger partial charge in [0.05, 0.1) is 42.8 Å². The number of allylic oxidation sites excluding steroid dienone is 1. The lowest BCUT2D eigenvalue weighted by molar-refractivity contribution is -0.123. The van der Waals surface area contributed by atoms with E-state index < -0.39 is 35.7 Å². The van der Waals surface area contributed by atoms with Crippen molar-refractivity contribution in [3.63, 3.8) is 0 Å². The summed E-state index contributed by atoms with van der Waals surface area (Å²) in [6, 6.07) is 10.0. The van der Waals surface area contributed by atoms with Crippen LogP contribution in [0.1, 0.15) is 10.4 Å². The maximum Gasteiger partial charge on any atom is 0.240 e. The normalized spacial score (nSPS) is 25.3. The Morgan fingerprint density at radius 3 is 2.45 bits per heavy atom. The summed E-state index contributed by atoms with van der Waals surface area (Å²) in [5.74, 6) is -1.97. The lowest BCUT2D eigenvalue weighted by Crippen LogP contribution is -2.46. The number of benzene rings is 2. The number of hydrogen-bond donors (Lipinski definition) is 0. The van der Waals surface area contributed by atoms with Gasteiger partial charge in [0.15, 0.2) is 17.3 Å². The number of carbonyl (C=O) groups is 3. The van der Waals surface area contributed by atoms with Crippen molar-refractivity contribution in [3.05, 3.63) is 65.2 Å². The van der Waals surface area contributed by atoms with Gasteiger partial charge in [-0.3, -0.25) is 19.4 Å². The monoisotopic (exact) mass is 465 g/mol. The molecule has 33 heavy (non-hydrogen) atoms. The first kappa shape index (κ1) is 21.2. The molecule has 4 atom stereocenters. The Balaban J connectivity index is 1.58. The van der Waals surface area contributed by atoms with E-state index >= 15 is 0 Å². The smallest absolute Gasteiger partial charge is 0.240 e. The summed E-state index contributed by atoms with van der Waals surface area (Å²) in [5.41, 5.74) is 0.647.